The zero-order valence-electron chi connectivity index (χ0n) is 8.50. The zero-order chi connectivity index (χ0) is 11.7. The first-order chi connectivity index (χ1) is 7.61. The molecule has 0 amide bonds. The van der Waals surface area contributed by atoms with Crippen LogP contribution in [-0.2, 0) is 6.42 Å². The predicted molar refractivity (Wildman–Crippen MR) is 68.9 cm³/mol. The SMILES string of the molecule is CCc1noc(-c2cc(Br)cc(Br)c2N)n1. The topological polar surface area (TPSA) is 64.9 Å². The van der Waals surface area contributed by atoms with E-state index in [0.717, 1.165) is 20.9 Å². The molecule has 0 aliphatic carbocycles. The highest BCUT2D eigenvalue weighted by Gasteiger charge is 2.13. The van der Waals surface area contributed by atoms with Crippen molar-refractivity contribution in [3.63, 3.8) is 0 Å². The lowest BCUT2D eigenvalue weighted by Crippen LogP contribution is -1.92. The summed E-state index contributed by atoms with van der Waals surface area (Å²) in [4.78, 5) is 4.24. The van der Waals surface area contributed by atoms with Crippen LogP contribution in [0.2, 0.25) is 0 Å². The molecule has 0 atom stereocenters. The van der Waals surface area contributed by atoms with E-state index >= 15 is 0 Å². The van der Waals surface area contributed by atoms with E-state index in [1.165, 1.54) is 0 Å². The predicted octanol–water partition coefficient (Wildman–Crippen LogP) is 3.41. The largest absolute Gasteiger partial charge is 0.397 e. The van der Waals surface area contributed by atoms with E-state index in [9.17, 15) is 0 Å². The quantitative estimate of drug-likeness (QED) is 0.846. The van der Waals surface area contributed by atoms with Crippen LogP contribution >= 0.6 is 31.9 Å². The van der Waals surface area contributed by atoms with Crippen molar-refractivity contribution in [1.29, 1.82) is 0 Å². The van der Waals surface area contributed by atoms with Crippen molar-refractivity contribution < 1.29 is 4.52 Å². The van der Waals surface area contributed by atoms with Gasteiger partial charge in [-0.05, 0) is 28.1 Å². The lowest BCUT2D eigenvalue weighted by atomic mass is 10.2. The number of halogens is 2. The minimum absolute atomic E-state index is 0.441. The molecule has 16 heavy (non-hydrogen) atoms. The van der Waals surface area contributed by atoms with Crippen molar-refractivity contribution in [3.05, 3.63) is 26.9 Å². The molecule has 0 aliphatic heterocycles. The number of nitrogen functional groups attached to an aromatic ring is 1. The van der Waals surface area contributed by atoms with Crippen LogP contribution < -0.4 is 5.73 Å². The maximum absolute atomic E-state index is 5.94. The molecule has 0 radical (unpaired) electrons. The number of nitrogens with two attached hydrogens (primary N) is 1. The molecule has 1 aromatic carbocycles. The first kappa shape index (κ1) is 11.6. The van der Waals surface area contributed by atoms with Gasteiger partial charge in [0.25, 0.3) is 5.89 Å². The first-order valence-electron chi connectivity index (χ1n) is 4.69. The van der Waals surface area contributed by atoms with Crippen molar-refractivity contribution in [3.8, 4) is 11.5 Å². The van der Waals surface area contributed by atoms with Gasteiger partial charge in [0.1, 0.15) is 0 Å². The molecule has 84 valence electrons. The molecule has 6 heteroatoms. The molecule has 2 rings (SSSR count). The Labute approximate surface area is 109 Å². The number of hydrogen-bond donors (Lipinski definition) is 1. The third kappa shape index (κ3) is 2.12. The lowest BCUT2D eigenvalue weighted by molar-refractivity contribution is 0.423. The van der Waals surface area contributed by atoms with Crippen LogP contribution in [0.5, 0.6) is 0 Å². The van der Waals surface area contributed by atoms with E-state index in [0.29, 0.717) is 17.4 Å². The van der Waals surface area contributed by atoms with Gasteiger partial charge >= 0.3 is 0 Å². The molecule has 1 heterocycles. The Kier molecular flexibility index (Phi) is 3.30. The van der Waals surface area contributed by atoms with Crippen molar-refractivity contribution in [1.82, 2.24) is 10.1 Å². The smallest absolute Gasteiger partial charge is 0.260 e. The Bertz CT molecular complexity index is 525. The van der Waals surface area contributed by atoms with Crippen molar-refractivity contribution in [2.45, 2.75) is 13.3 Å². The van der Waals surface area contributed by atoms with Crippen LogP contribution in [0.1, 0.15) is 12.7 Å². The minimum Gasteiger partial charge on any atom is -0.397 e. The number of benzene rings is 1. The fraction of sp³-hybridized carbons (Fsp3) is 0.200. The third-order valence-corrected chi connectivity index (χ3v) is 3.22. The van der Waals surface area contributed by atoms with Crippen LogP contribution in [-0.4, -0.2) is 10.1 Å². The van der Waals surface area contributed by atoms with Gasteiger partial charge in [0.2, 0.25) is 0 Å². The summed E-state index contributed by atoms with van der Waals surface area (Å²) in [5.74, 6) is 1.11. The van der Waals surface area contributed by atoms with Crippen LogP contribution in [0.3, 0.4) is 0 Å². The summed E-state index contributed by atoms with van der Waals surface area (Å²) < 4.78 is 6.85. The molecule has 0 bridgehead atoms. The number of aromatic nitrogens is 2. The highest BCUT2D eigenvalue weighted by Crippen LogP contribution is 2.34. The Morgan fingerprint density at radius 1 is 1.38 bits per heavy atom. The summed E-state index contributed by atoms with van der Waals surface area (Å²) in [5, 5.41) is 3.84. The van der Waals surface area contributed by atoms with Gasteiger partial charge in [0.15, 0.2) is 5.82 Å². The number of nitrogens with zero attached hydrogens (tertiary/aromatic N) is 2. The Balaban J connectivity index is 2.54. The second kappa shape index (κ2) is 4.55. The summed E-state index contributed by atoms with van der Waals surface area (Å²) in [5.41, 5.74) is 7.26. The molecule has 2 N–H and O–H groups in total. The van der Waals surface area contributed by atoms with E-state index in [1.54, 1.807) is 0 Å². The summed E-state index contributed by atoms with van der Waals surface area (Å²) in [6.07, 6.45) is 0.735. The van der Waals surface area contributed by atoms with Gasteiger partial charge in [-0.2, -0.15) is 4.98 Å². The number of anilines is 1. The molecule has 1 aromatic heterocycles. The highest BCUT2D eigenvalue weighted by atomic mass is 79.9. The summed E-state index contributed by atoms with van der Waals surface area (Å²) >= 11 is 6.77. The molecule has 0 saturated carbocycles. The first-order valence-corrected chi connectivity index (χ1v) is 6.28. The molecule has 2 aromatic rings. The number of hydrogen-bond acceptors (Lipinski definition) is 4. The van der Waals surface area contributed by atoms with Crippen molar-refractivity contribution >= 4 is 37.5 Å². The Morgan fingerprint density at radius 2 is 2.12 bits per heavy atom. The summed E-state index contributed by atoms with van der Waals surface area (Å²) in [6, 6.07) is 3.73. The standard InChI is InChI=1S/C10H9Br2N3O/c1-2-8-14-10(16-15-8)6-3-5(11)4-7(12)9(6)13/h3-4H,2,13H2,1H3. The fourth-order valence-corrected chi connectivity index (χ4v) is 2.49. The van der Waals surface area contributed by atoms with Gasteiger partial charge in [-0.1, -0.05) is 28.0 Å². The zero-order valence-corrected chi connectivity index (χ0v) is 11.7. The van der Waals surface area contributed by atoms with E-state index in [2.05, 4.69) is 42.0 Å². The molecule has 0 aliphatic rings. The van der Waals surface area contributed by atoms with Gasteiger partial charge in [-0.15, -0.1) is 0 Å². The molecule has 0 fully saturated rings. The Morgan fingerprint density at radius 3 is 2.75 bits per heavy atom. The van der Waals surface area contributed by atoms with E-state index in [1.807, 2.05) is 19.1 Å². The summed E-state index contributed by atoms with van der Waals surface area (Å²) in [6.45, 7) is 1.97. The molecular formula is C10H9Br2N3O. The van der Waals surface area contributed by atoms with Crippen molar-refractivity contribution in [2.24, 2.45) is 0 Å². The number of rotatable bonds is 2. The van der Waals surface area contributed by atoms with E-state index in [-0.39, 0.29) is 0 Å². The van der Waals surface area contributed by atoms with Crippen LogP contribution in [0.15, 0.2) is 25.6 Å². The van der Waals surface area contributed by atoms with Gasteiger partial charge < -0.3 is 10.3 Å². The van der Waals surface area contributed by atoms with E-state index in [4.69, 9.17) is 10.3 Å². The Hall–Kier alpha value is -0.880. The van der Waals surface area contributed by atoms with Crippen LogP contribution in [0.25, 0.3) is 11.5 Å². The minimum atomic E-state index is 0.441. The fourth-order valence-electron chi connectivity index (χ4n) is 1.27. The molecule has 0 saturated heterocycles. The van der Waals surface area contributed by atoms with E-state index < -0.39 is 0 Å². The summed E-state index contributed by atoms with van der Waals surface area (Å²) in [7, 11) is 0. The maximum Gasteiger partial charge on any atom is 0.260 e. The average molecular weight is 347 g/mol. The molecule has 0 unspecified atom stereocenters. The van der Waals surface area contributed by atoms with Gasteiger partial charge in [-0.3, -0.25) is 0 Å². The molecule has 4 nitrogen and oxygen atoms in total. The molecular weight excluding hydrogens is 338 g/mol. The average Bonchev–Trinajstić information content (AvgIpc) is 2.71. The monoisotopic (exact) mass is 345 g/mol. The van der Waals surface area contributed by atoms with Crippen molar-refractivity contribution in [2.75, 3.05) is 5.73 Å². The highest BCUT2D eigenvalue weighted by molar-refractivity contribution is 9.11. The van der Waals surface area contributed by atoms with Gasteiger partial charge in [-0.25, -0.2) is 0 Å². The normalized spacial score (nSPS) is 10.7. The maximum atomic E-state index is 5.94. The lowest BCUT2D eigenvalue weighted by Gasteiger charge is -2.04. The number of aryl methyl sites for hydroxylation is 1. The second-order valence-electron chi connectivity index (χ2n) is 3.22. The van der Waals surface area contributed by atoms with Crippen LogP contribution in [0.4, 0.5) is 5.69 Å². The third-order valence-electron chi connectivity index (χ3n) is 2.11. The molecule has 0 spiro atoms. The van der Waals surface area contributed by atoms with Gasteiger partial charge in [0, 0.05) is 15.4 Å². The van der Waals surface area contributed by atoms with Gasteiger partial charge in [0.05, 0.1) is 11.3 Å². The second-order valence-corrected chi connectivity index (χ2v) is 4.99. The van der Waals surface area contributed by atoms with Crippen LogP contribution in [0, 0.1) is 0 Å².